The Bertz CT molecular complexity index is 933. The first-order chi connectivity index (χ1) is 15.4. The van der Waals surface area contributed by atoms with Crippen molar-refractivity contribution < 1.29 is 4.79 Å². The number of nitrogens with zero attached hydrogens (tertiary/aromatic N) is 5. The van der Waals surface area contributed by atoms with Gasteiger partial charge in [0.2, 0.25) is 5.91 Å². The zero-order valence-electron chi connectivity index (χ0n) is 20.1. The fraction of sp³-hybridized carbons (Fsp3) is 0.542. The van der Waals surface area contributed by atoms with Gasteiger partial charge in [-0.15, -0.1) is 0 Å². The molecule has 8 nitrogen and oxygen atoms in total. The van der Waals surface area contributed by atoms with Gasteiger partial charge < -0.3 is 20.4 Å². The quantitative estimate of drug-likeness (QED) is 0.507. The van der Waals surface area contributed by atoms with Gasteiger partial charge in [-0.3, -0.25) is 9.69 Å². The predicted octanol–water partition coefficient (Wildman–Crippen LogP) is 1.91. The van der Waals surface area contributed by atoms with E-state index < -0.39 is 0 Å². The van der Waals surface area contributed by atoms with Gasteiger partial charge in [0.1, 0.15) is 5.82 Å². The number of hydrogen-bond donors (Lipinski definition) is 2. The maximum Gasteiger partial charge on any atom is 0.234 e. The number of guanidine groups is 1. The van der Waals surface area contributed by atoms with Crippen LogP contribution in [0.25, 0.3) is 10.9 Å². The molecule has 1 aromatic heterocycles. The van der Waals surface area contributed by atoms with E-state index in [0.29, 0.717) is 13.1 Å². The lowest BCUT2D eigenvalue weighted by molar-refractivity contribution is -0.123. The van der Waals surface area contributed by atoms with Gasteiger partial charge >= 0.3 is 0 Å². The van der Waals surface area contributed by atoms with E-state index in [4.69, 9.17) is 9.98 Å². The molecule has 174 valence electrons. The van der Waals surface area contributed by atoms with Crippen molar-refractivity contribution in [1.82, 2.24) is 25.4 Å². The lowest BCUT2D eigenvalue weighted by Crippen LogP contribution is -2.54. The molecule has 0 aliphatic carbocycles. The average molecular weight is 440 g/mol. The zero-order chi connectivity index (χ0) is 23.1. The van der Waals surface area contributed by atoms with Gasteiger partial charge in [0.15, 0.2) is 5.96 Å². The Morgan fingerprint density at radius 2 is 1.91 bits per heavy atom. The predicted molar refractivity (Wildman–Crippen MR) is 132 cm³/mol. The molecule has 3 rings (SSSR count). The molecule has 1 aliphatic heterocycles. The highest BCUT2D eigenvalue weighted by Gasteiger charge is 2.21. The minimum Gasteiger partial charge on any atom is -0.363 e. The Morgan fingerprint density at radius 1 is 1.19 bits per heavy atom. The largest absolute Gasteiger partial charge is 0.363 e. The highest BCUT2D eigenvalue weighted by atomic mass is 16.2. The molecular formula is C24H37N7O. The van der Waals surface area contributed by atoms with Gasteiger partial charge in [-0.1, -0.05) is 18.2 Å². The van der Waals surface area contributed by atoms with Crippen molar-refractivity contribution >= 4 is 28.6 Å². The second kappa shape index (κ2) is 11.1. The van der Waals surface area contributed by atoms with E-state index in [1.807, 2.05) is 45.0 Å². The van der Waals surface area contributed by atoms with Crippen LogP contribution in [-0.2, 0) is 11.3 Å². The number of amides is 1. The molecule has 32 heavy (non-hydrogen) atoms. The van der Waals surface area contributed by atoms with E-state index >= 15 is 0 Å². The Hall–Kier alpha value is -2.87. The van der Waals surface area contributed by atoms with E-state index in [9.17, 15) is 4.79 Å². The summed E-state index contributed by atoms with van der Waals surface area (Å²) in [5.74, 6) is 1.95. The summed E-state index contributed by atoms with van der Waals surface area (Å²) in [4.78, 5) is 28.3. The van der Waals surface area contributed by atoms with Crippen molar-refractivity contribution in [2.45, 2.75) is 33.4 Å². The molecule has 1 fully saturated rings. The lowest BCUT2D eigenvalue weighted by Gasteiger charge is -2.36. The Labute approximate surface area is 191 Å². The van der Waals surface area contributed by atoms with Gasteiger partial charge in [-0.2, -0.15) is 0 Å². The van der Waals surface area contributed by atoms with Crippen LogP contribution in [-0.4, -0.2) is 86.1 Å². The molecule has 2 N–H and O–H groups in total. The summed E-state index contributed by atoms with van der Waals surface area (Å²) < 4.78 is 0. The molecule has 0 spiro atoms. The Kier molecular flexibility index (Phi) is 8.27. The van der Waals surface area contributed by atoms with Crippen molar-refractivity contribution in [2.24, 2.45) is 4.99 Å². The summed E-state index contributed by atoms with van der Waals surface area (Å²) in [6, 6.07) is 10.5. The summed E-state index contributed by atoms with van der Waals surface area (Å²) in [6.07, 6.45) is 0. The van der Waals surface area contributed by atoms with Crippen LogP contribution in [0.2, 0.25) is 0 Å². The normalized spacial score (nSPS) is 15.3. The number of aromatic nitrogens is 1. The Morgan fingerprint density at radius 3 is 2.56 bits per heavy atom. The first kappa shape index (κ1) is 23.8. The number of hydrogen-bond acceptors (Lipinski definition) is 5. The fourth-order valence-corrected chi connectivity index (χ4v) is 3.87. The maximum atomic E-state index is 12.1. The average Bonchev–Trinajstić information content (AvgIpc) is 2.76. The van der Waals surface area contributed by atoms with Crippen molar-refractivity contribution in [3.63, 3.8) is 0 Å². The van der Waals surface area contributed by atoms with Gasteiger partial charge in [0, 0.05) is 58.2 Å². The molecule has 0 unspecified atom stereocenters. The molecule has 1 amide bonds. The van der Waals surface area contributed by atoms with Crippen LogP contribution in [0.15, 0.2) is 35.3 Å². The molecule has 0 radical (unpaired) electrons. The first-order valence-corrected chi connectivity index (χ1v) is 11.5. The maximum absolute atomic E-state index is 12.1. The molecule has 2 heterocycles. The number of para-hydroxylation sites is 1. The van der Waals surface area contributed by atoms with Gasteiger partial charge in [0.25, 0.3) is 0 Å². The minimum atomic E-state index is 0.0929. The number of benzene rings is 1. The number of piperazine rings is 1. The van der Waals surface area contributed by atoms with Crippen LogP contribution >= 0.6 is 0 Å². The minimum absolute atomic E-state index is 0.0929. The molecular weight excluding hydrogens is 402 g/mol. The number of pyridine rings is 1. The zero-order valence-corrected chi connectivity index (χ0v) is 20.1. The second-order valence-electron chi connectivity index (χ2n) is 8.71. The Balaban J connectivity index is 1.71. The van der Waals surface area contributed by atoms with Crippen molar-refractivity contribution in [1.29, 1.82) is 0 Å². The topological polar surface area (TPSA) is 76.1 Å². The van der Waals surface area contributed by atoms with E-state index in [-0.39, 0.29) is 11.9 Å². The molecule has 0 bridgehead atoms. The second-order valence-corrected chi connectivity index (χ2v) is 8.71. The van der Waals surface area contributed by atoms with E-state index in [0.717, 1.165) is 55.4 Å². The number of carbonyl (C=O) groups excluding carboxylic acids is 1. The third kappa shape index (κ3) is 6.32. The number of fused-ring (bicyclic) bond motifs is 1. The highest BCUT2D eigenvalue weighted by Crippen LogP contribution is 2.23. The summed E-state index contributed by atoms with van der Waals surface area (Å²) >= 11 is 0. The van der Waals surface area contributed by atoms with Gasteiger partial charge in [-0.25, -0.2) is 9.98 Å². The van der Waals surface area contributed by atoms with Crippen LogP contribution in [0.4, 0.5) is 5.82 Å². The number of anilines is 1. The number of rotatable bonds is 7. The molecule has 0 saturated carbocycles. The van der Waals surface area contributed by atoms with Crippen molar-refractivity contribution in [3.8, 4) is 0 Å². The summed E-state index contributed by atoms with van der Waals surface area (Å²) in [7, 11) is 4.02. The molecule has 1 aliphatic rings. The van der Waals surface area contributed by atoms with Crippen LogP contribution in [0.1, 0.15) is 26.3 Å². The first-order valence-electron chi connectivity index (χ1n) is 11.5. The smallest absolute Gasteiger partial charge is 0.234 e. The molecule has 1 aromatic carbocycles. The summed E-state index contributed by atoms with van der Waals surface area (Å²) in [5.41, 5.74) is 2.15. The third-order valence-corrected chi connectivity index (χ3v) is 5.47. The van der Waals surface area contributed by atoms with Crippen LogP contribution in [0.3, 0.4) is 0 Å². The number of aliphatic imine (C=N–C) groups is 1. The van der Waals surface area contributed by atoms with Gasteiger partial charge in [0.05, 0.1) is 18.6 Å². The highest BCUT2D eigenvalue weighted by molar-refractivity contribution is 5.85. The van der Waals surface area contributed by atoms with Crippen molar-refractivity contribution in [2.75, 3.05) is 58.3 Å². The molecule has 0 atom stereocenters. The van der Waals surface area contributed by atoms with E-state index in [1.54, 1.807) is 0 Å². The third-order valence-electron chi connectivity index (χ3n) is 5.47. The van der Waals surface area contributed by atoms with Crippen molar-refractivity contribution in [3.05, 3.63) is 35.9 Å². The monoisotopic (exact) mass is 439 g/mol. The van der Waals surface area contributed by atoms with Crippen LogP contribution < -0.4 is 15.5 Å². The summed E-state index contributed by atoms with van der Waals surface area (Å²) in [6.45, 7) is 11.3. The SMILES string of the molecule is CCNC(=NCc1cc(N(C)C)nc2ccccc12)N1CCN(CC(=O)NC(C)C)CC1. The number of carbonyl (C=O) groups is 1. The van der Waals surface area contributed by atoms with Crippen LogP contribution in [0, 0.1) is 0 Å². The van der Waals surface area contributed by atoms with Gasteiger partial charge in [-0.05, 0) is 38.5 Å². The molecule has 1 saturated heterocycles. The van der Waals surface area contributed by atoms with E-state index in [1.165, 1.54) is 5.56 Å². The summed E-state index contributed by atoms with van der Waals surface area (Å²) in [5, 5.41) is 7.55. The fourth-order valence-electron chi connectivity index (χ4n) is 3.87. The van der Waals surface area contributed by atoms with Crippen LogP contribution in [0.5, 0.6) is 0 Å². The van der Waals surface area contributed by atoms with E-state index in [2.05, 4.69) is 45.6 Å². The number of nitrogens with one attached hydrogen (secondary N) is 2. The molecule has 2 aromatic rings. The lowest BCUT2D eigenvalue weighted by atomic mass is 10.1. The molecule has 8 heteroatoms. The standard InChI is InChI=1S/C24H37N7O/c1-6-25-24(31-13-11-30(12-14-31)17-23(32)27-18(2)3)26-16-19-15-22(29(4)5)28-21-10-8-7-9-20(19)21/h7-10,15,18H,6,11-14,16-17H2,1-5H3,(H,25,26)(H,27,32).